The van der Waals surface area contributed by atoms with Gasteiger partial charge in [-0.2, -0.15) is 0 Å². The van der Waals surface area contributed by atoms with Crippen LogP contribution in [0.2, 0.25) is 0 Å². The Balaban J connectivity index is 2.54. The normalized spacial score (nSPS) is 16.4. The quantitative estimate of drug-likeness (QED) is 0.874. The molecule has 0 amide bonds. The first-order valence-corrected chi connectivity index (χ1v) is 5.20. The van der Waals surface area contributed by atoms with Crippen molar-refractivity contribution in [3.8, 4) is 11.5 Å². The summed E-state index contributed by atoms with van der Waals surface area (Å²) in [5.41, 5.74) is -0.607. The van der Waals surface area contributed by atoms with Gasteiger partial charge in [0.25, 0.3) is 0 Å². The molecule has 0 saturated heterocycles. The van der Waals surface area contributed by atoms with E-state index in [1.807, 2.05) is 0 Å². The topological polar surface area (TPSA) is 55.8 Å². The van der Waals surface area contributed by atoms with Gasteiger partial charge in [-0.05, 0) is 18.9 Å². The van der Waals surface area contributed by atoms with Gasteiger partial charge in [0.2, 0.25) is 0 Å². The van der Waals surface area contributed by atoms with E-state index in [4.69, 9.17) is 9.47 Å². The van der Waals surface area contributed by atoms with Crippen molar-refractivity contribution in [3.63, 3.8) is 0 Å². The Morgan fingerprint density at radius 1 is 1.29 bits per heavy atom. The summed E-state index contributed by atoms with van der Waals surface area (Å²) in [6.07, 6.45) is 1.01. The minimum atomic E-state index is -0.988. The summed E-state index contributed by atoms with van der Waals surface area (Å²) in [5.74, 6) is -1.12. The Bertz CT molecular complexity index is 466. The lowest BCUT2D eigenvalue weighted by Crippen LogP contribution is -2.20. The molecule has 1 N–H and O–H groups in total. The van der Waals surface area contributed by atoms with Gasteiger partial charge in [0.1, 0.15) is 5.75 Å². The van der Waals surface area contributed by atoms with E-state index in [0.717, 1.165) is 0 Å². The number of rotatable bonds is 4. The summed E-state index contributed by atoms with van der Waals surface area (Å²) < 4.78 is 23.6. The number of carboxylic acid groups (broad SMARTS) is 1. The van der Waals surface area contributed by atoms with E-state index in [1.54, 1.807) is 0 Å². The van der Waals surface area contributed by atoms with Gasteiger partial charge >= 0.3 is 5.97 Å². The zero-order chi connectivity index (χ0) is 12.6. The fourth-order valence-electron chi connectivity index (χ4n) is 1.96. The Kier molecular flexibility index (Phi) is 2.69. The summed E-state index contributed by atoms with van der Waals surface area (Å²) in [6.45, 7) is 0. The van der Waals surface area contributed by atoms with Gasteiger partial charge in [-0.15, -0.1) is 0 Å². The SMILES string of the molecule is COc1cc(OC)c(C2(C(=O)O)CC2)cc1F. The Morgan fingerprint density at radius 3 is 2.29 bits per heavy atom. The lowest BCUT2D eigenvalue weighted by molar-refractivity contribution is -0.140. The predicted molar refractivity (Wildman–Crippen MR) is 58.1 cm³/mol. The average Bonchev–Trinajstić information content (AvgIpc) is 3.09. The van der Waals surface area contributed by atoms with Crippen LogP contribution in [0, 0.1) is 5.82 Å². The third kappa shape index (κ3) is 1.71. The van der Waals surface area contributed by atoms with Crippen LogP contribution in [0.25, 0.3) is 0 Å². The van der Waals surface area contributed by atoms with Gasteiger partial charge in [-0.3, -0.25) is 4.79 Å². The van der Waals surface area contributed by atoms with Crippen LogP contribution >= 0.6 is 0 Å². The van der Waals surface area contributed by atoms with Gasteiger partial charge in [0.05, 0.1) is 19.6 Å². The van der Waals surface area contributed by atoms with Gasteiger partial charge in [0.15, 0.2) is 11.6 Å². The molecule has 0 atom stereocenters. The van der Waals surface area contributed by atoms with E-state index in [0.29, 0.717) is 24.2 Å². The third-order valence-corrected chi connectivity index (χ3v) is 3.15. The Hall–Kier alpha value is -1.78. The molecular formula is C12H13FO4. The molecule has 1 fully saturated rings. The Morgan fingerprint density at radius 2 is 1.88 bits per heavy atom. The second-order valence-corrected chi connectivity index (χ2v) is 4.07. The molecule has 0 spiro atoms. The number of ether oxygens (including phenoxy) is 2. The first-order valence-electron chi connectivity index (χ1n) is 5.20. The van der Waals surface area contributed by atoms with Gasteiger partial charge in [-0.1, -0.05) is 0 Å². The van der Waals surface area contributed by atoms with E-state index in [9.17, 15) is 14.3 Å². The van der Waals surface area contributed by atoms with Crippen molar-refractivity contribution in [2.75, 3.05) is 14.2 Å². The molecule has 0 heterocycles. The lowest BCUT2D eigenvalue weighted by Gasteiger charge is -2.16. The summed E-state index contributed by atoms with van der Waals surface area (Å²) in [7, 11) is 2.77. The second-order valence-electron chi connectivity index (χ2n) is 4.07. The molecule has 0 unspecified atom stereocenters. The number of carboxylic acids is 1. The molecule has 1 aromatic carbocycles. The summed E-state index contributed by atoms with van der Waals surface area (Å²) >= 11 is 0. The maximum Gasteiger partial charge on any atom is 0.314 e. The number of benzene rings is 1. The van der Waals surface area contributed by atoms with Crippen LogP contribution in [0.15, 0.2) is 12.1 Å². The van der Waals surface area contributed by atoms with E-state index < -0.39 is 17.2 Å². The zero-order valence-electron chi connectivity index (χ0n) is 9.62. The molecule has 1 aliphatic rings. The van der Waals surface area contributed by atoms with Crippen molar-refractivity contribution in [2.24, 2.45) is 0 Å². The van der Waals surface area contributed by atoms with Crippen molar-refractivity contribution in [1.82, 2.24) is 0 Å². The number of methoxy groups -OCH3 is 2. The van der Waals surface area contributed by atoms with Crippen LogP contribution in [0.5, 0.6) is 11.5 Å². The van der Waals surface area contributed by atoms with Crippen molar-refractivity contribution < 1.29 is 23.8 Å². The highest BCUT2D eigenvalue weighted by Crippen LogP contribution is 2.52. The number of hydrogen-bond donors (Lipinski definition) is 1. The van der Waals surface area contributed by atoms with E-state index in [-0.39, 0.29) is 5.75 Å². The third-order valence-electron chi connectivity index (χ3n) is 3.15. The van der Waals surface area contributed by atoms with Crippen LogP contribution in [-0.2, 0) is 10.2 Å². The maximum absolute atomic E-state index is 13.6. The molecule has 1 saturated carbocycles. The van der Waals surface area contributed by atoms with Crippen LogP contribution in [0.1, 0.15) is 18.4 Å². The van der Waals surface area contributed by atoms with Gasteiger partial charge in [-0.25, -0.2) is 4.39 Å². The second kappa shape index (κ2) is 3.91. The van der Waals surface area contributed by atoms with Crippen molar-refractivity contribution in [2.45, 2.75) is 18.3 Å². The predicted octanol–water partition coefficient (Wildman–Crippen LogP) is 1.96. The van der Waals surface area contributed by atoms with Crippen LogP contribution < -0.4 is 9.47 Å². The van der Waals surface area contributed by atoms with Crippen molar-refractivity contribution in [1.29, 1.82) is 0 Å². The minimum Gasteiger partial charge on any atom is -0.496 e. The molecule has 1 aliphatic carbocycles. The maximum atomic E-state index is 13.6. The number of hydrogen-bond acceptors (Lipinski definition) is 3. The molecule has 0 bridgehead atoms. The summed E-state index contributed by atoms with van der Waals surface area (Å²) in [6, 6.07) is 2.58. The Labute approximate surface area is 98.0 Å². The van der Waals surface area contributed by atoms with Gasteiger partial charge < -0.3 is 14.6 Å². The monoisotopic (exact) mass is 240 g/mol. The smallest absolute Gasteiger partial charge is 0.314 e. The average molecular weight is 240 g/mol. The molecule has 2 rings (SSSR count). The molecule has 17 heavy (non-hydrogen) atoms. The molecule has 0 radical (unpaired) electrons. The number of halogens is 1. The molecule has 0 aromatic heterocycles. The zero-order valence-corrected chi connectivity index (χ0v) is 9.62. The van der Waals surface area contributed by atoms with Crippen LogP contribution in [0.3, 0.4) is 0 Å². The standard InChI is InChI=1S/C12H13FO4/c1-16-9-6-10(17-2)8(13)5-7(9)12(3-4-12)11(14)15/h5-6H,3-4H2,1-2H3,(H,14,15). The fourth-order valence-corrected chi connectivity index (χ4v) is 1.96. The first-order chi connectivity index (χ1) is 8.05. The van der Waals surface area contributed by atoms with E-state index in [1.165, 1.54) is 26.4 Å². The largest absolute Gasteiger partial charge is 0.496 e. The van der Waals surface area contributed by atoms with Gasteiger partial charge in [0, 0.05) is 11.6 Å². The lowest BCUT2D eigenvalue weighted by atomic mass is 9.95. The molecule has 5 heteroatoms. The summed E-state index contributed by atoms with van der Waals surface area (Å²) in [4.78, 5) is 11.2. The number of carbonyl (C=O) groups is 1. The van der Waals surface area contributed by atoms with Crippen molar-refractivity contribution >= 4 is 5.97 Å². The molecule has 92 valence electrons. The van der Waals surface area contributed by atoms with E-state index >= 15 is 0 Å². The highest BCUT2D eigenvalue weighted by molar-refractivity contribution is 5.86. The fraction of sp³-hybridized carbons (Fsp3) is 0.417. The highest BCUT2D eigenvalue weighted by Gasteiger charge is 2.53. The summed E-state index contributed by atoms with van der Waals surface area (Å²) in [5, 5.41) is 9.19. The molecule has 4 nitrogen and oxygen atoms in total. The van der Waals surface area contributed by atoms with Crippen molar-refractivity contribution in [3.05, 3.63) is 23.5 Å². The van der Waals surface area contributed by atoms with E-state index in [2.05, 4.69) is 0 Å². The number of aliphatic carboxylic acids is 1. The molecule has 0 aliphatic heterocycles. The molecule has 1 aromatic rings. The van der Waals surface area contributed by atoms with Crippen LogP contribution in [-0.4, -0.2) is 25.3 Å². The minimum absolute atomic E-state index is 0.0480. The molecular weight excluding hydrogens is 227 g/mol. The van der Waals surface area contributed by atoms with Crippen LogP contribution in [0.4, 0.5) is 4.39 Å². The highest BCUT2D eigenvalue weighted by atomic mass is 19.1. The first kappa shape index (κ1) is 11.7.